The van der Waals surface area contributed by atoms with Gasteiger partial charge in [0.25, 0.3) is 5.91 Å². The van der Waals surface area contributed by atoms with Crippen molar-refractivity contribution in [2.24, 2.45) is 5.10 Å². The second kappa shape index (κ2) is 6.46. The van der Waals surface area contributed by atoms with Crippen LogP contribution in [0.25, 0.3) is 0 Å². The van der Waals surface area contributed by atoms with Crippen LogP contribution in [0.3, 0.4) is 0 Å². The van der Waals surface area contributed by atoms with Crippen LogP contribution in [0.15, 0.2) is 52.3 Å². The summed E-state index contributed by atoms with van der Waals surface area (Å²) in [6.45, 7) is 1.68. The summed E-state index contributed by atoms with van der Waals surface area (Å²) in [5.41, 5.74) is 4.18. The van der Waals surface area contributed by atoms with Crippen molar-refractivity contribution in [1.82, 2.24) is 4.90 Å². The summed E-state index contributed by atoms with van der Waals surface area (Å²) in [6.07, 6.45) is 1.57. The van der Waals surface area contributed by atoms with Crippen LogP contribution in [-0.4, -0.2) is 28.7 Å². The minimum Gasteiger partial charge on any atom is -0.508 e. The van der Waals surface area contributed by atoms with Gasteiger partial charge in [-0.15, -0.1) is 0 Å². The molecule has 0 fully saturated rings. The normalized spacial score (nSPS) is 15.7. The number of phenols is 1. The van der Waals surface area contributed by atoms with E-state index < -0.39 is 5.91 Å². The van der Waals surface area contributed by atoms with Crippen LogP contribution in [0, 0.1) is 22.7 Å². The highest BCUT2D eigenvalue weighted by molar-refractivity contribution is 6.46. The lowest BCUT2D eigenvalue weighted by Crippen LogP contribution is -2.37. The van der Waals surface area contributed by atoms with E-state index in [2.05, 4.69) is 10.5 Å². The minimum atomic E-state index is -0.422. The van der Waals surface area contributed by atoms with Gasteiger partial charge < -0.3 is 10.0 Å². The van der Waals surface area contributed by atoms with Crippen molar-refractivity contribution in [3.8, 4) is 17.9 Å². The van der Waals surface area contributed by atoms with Gasteiger partial charge in [0.1, 0.15) is 17.9 Å². The Morgan fingerprint density at radius 1 is 1.26 bits per heavy atom. The van der Waals surface area contributed by atoms with Crippen LogP contribution in [0.4, 0.5) is 5.69 Å². The van der Waals surface area contributed by atoms with E-state index in [1.807, 2.05) is 0 Å². The zero-order valence-electron chi connectivity index (χ0n) is 12.5. The number of carbonyl (C=O) groups excluding carboxylic acids is 1. The molecule has 0 bridgehead atoms. The van der Waals surface area contributed by atoms with E-state index in [4.69, 9.17) is 10.5 Å². The van der Waals surface area contributed by atoms with E-state index in [0.717, 1.165) is 0 Å². The number of nitrogens with zero attached hydrogens (tertiary/aromatic N) is 4. The molecule has 0 saturated carbocycles. The molecule has 23 heavy (non-hydrogen) atoms. The number of hydrogen-bond acceptors (Lipinski definition) is 6. The molecule has 2 N–H and O–H groups in total. The van der Waals surface area contributed by atoms with Crippen LogP contribution < -0.4 is 5.43 Å². The number of amides is 1. The average Bonchev–Trinajstić information content (AvgIpc) is 2.54. The van der Waals surface area contributed by atoms with Crippen molar-refractivity contribution in [3.05, 3.63) is 47.2 Å². The van der Waals surface area contributed by atoms with E-state index in [9.17, 15) is 9.90 Å². The lowest BCUT2D eigenvalue weighted by molar-refractivity contribution is -0.121. The van der Waals surface area contributed by atoms with Crippen molar-refractivity contribution in [2.75, 3.05) is 12.5 Å². The summed E-state index contributed by atoms with van der Waals surface area (Å²) >= 11 is 0. The number of nitriles is 2. The molecule has 1 aliphatic heterocycles. The third-order valence-corrected chi connectivity index (χ3v) is 3.24. The van der Waals surface area contributed by atoms with Gasteiger partial charge in [-0.2, -0.15) is 15.6 Å². The molecule has 1 aliphatic rings. The standard InChI is InChI=1S/C16H13N5O2/c1-10-7-14(11(8-17)9-18)21(2)16(23)15(10)20-19-12-3-5-13(22)6-4-12/h3-7,19,22H,1-2H3. The molecule has 1 aromatic rings. The number of aromatic hydroxyl groups is 1. The van der Waals surface area contributed by atoms with Gasteiger partial charge in [-0.1, -0.05) is 0 Å². The summed E-state index contributed by atoms with van der Waals surface area (Å²) in [7, 11) is 1.48. The maximum atomic E-state index is 12.4. The summed E-state index contributed by atoms with van der Waals surface area (Å²) in [5.74, 6) is -0.294. The number of likely N-dealkylation sites (N-methyl/N-ethyl adjacent to an activating group) is 1. The number of allylic oxidation sites excluding steroid dienone is 2. The number of anilines is 1. The summed E-state index contributed by atoms with van der Waals surface area (Å²) < 4.78 is 0. The Labute approximate surface area is 133 Å². The largest absolute Gasteiger partial charge is 0.508 e. The first-order chi connectivity index (χ1) is 11.0. The van der Waals surface area contributed by atoms with E-state index >= 15 is 0 Å². The topological polar surface area (TPSA) is 113 Å². The maximum Gasteiger partial charge on any atom is 0.278 e. The maximum absolute atomic E-state index is 12.4. The van der Waals surface area contributed by atoms with Crippen molar-refractivity contribution >= 4 is 17.3 Å². The third-order valence-electron chi connectivity index (χ3n) is 3.24. The number of rotatable bonds is 2. The van der Waals surface area contributed by atoms with Gasteiger partial charge in [-0.25, -0.2) is 0 Å². The van der Waals surface area contributed by atoms with E-state index in [1.165, 1.54) is 24.1 Å². The van der Waals surface area contributed by atoms with Crippen LogP contribution in [-0.2, 0) is 4.79 Å². The van der Waals surface area contributed by atoms with Crippen molar-refractivity contribution in [1.29, 1.82) is 10.5 Å². The Hall–Kier alpha value is -3.58. The molecule has 1 amide bonds. The summed E-state index contributed by atoms with van der Waals surface area (Å²) in [4.78, 5) is 13.6. The monoisotopic (exact) mass is 307 g/mol. The van der Waals surface area contributed by atoms with Crippen LogP contribution in [0.5, 0.6) is 5.75 Å². The summed E-state index contributed by atoms with van der Waals surface area (Å²) in [5, 5.41) is 31.2. The first-order valence-electron chi connectivity index (χ1n) is 6.62. The van der Waals surface area contributed by atoms with Gasteiger partial charge in [-0.05, 0) is 42.8 Å². The quantitative estimate of drug-likeness (QED) is 0.492. The van der Waals surface area contributed by atoms with Crippen LogP contribution >= 0.6 is 0 Å². The fourth-order valence-corrected chi connectivity index (χ4v) is 1.98. The molecule has 2 rings (SSSR count). The van der Waals surface area contributed by atoms with Crippen LogP contribution in [0.1, 0.15) is 6.92 Å². The van der Waals surface area contributed by atoms with E-state index in [0.29, 0.717) is 11.3 Å². The Balaban J connectivity index is 2.37. The molecule has 0 saturated heterocycles. The van der Waals surface area contributed by atoms with E-state index in [1.54, 1.807) is 37.3 Å². The molecule has 0 unspecified atom stereocenters. The van der Waals surface area contributed by atoms with Crippen LogP contribution in [0.2, 0.25) is 0 Å². The molecule has 1 heterocycles. The minimum absolute atomic E-state index is 0.128. The van der Waals surface area contributed by atoms with Gasteiger partial charge in [0.05, 0.1) is 11.4 Å². The molecule has 7 nitrogen and oxygen atoms in total. The molecule has 0 radical (unpaired) electrons. The molecule has 7 heteroatoms. The Bertz CT molecular complexity index is 804. The SMILES string of the molecule is CC1=CC(=C(C#N)C#N)N(C)C(=O)C1=NNc1ccc(O)cc1. The predicted octanol–water partition coefficient (Wildman–Crippen LogP) is 1.88. The van der Waals surface area contributed by atoms with Crippen molar-refractivity contribution in [2.45, 2.75) is 6.92 Å². The molecule has 0 aromatic heterocycles. The highest BCUT2D eigenvalue weighted by atomic mass is 16.3. The highest BCUT2D eigenvalue weighted by Gasteiger charge is 2.27. The zero-order valence-corrected chi connectivity index (χ0v) is 12.5. The number of benzene rings is 1. The van der Waals surface area contributed by atoms with Gasteiger partial charge in [0, 0.05) is 7.05 Å². The Morgan fingerprint density at radius 2 is 1.87 bits per heavy atom. The second-order valence-electron chi connectivity index (χ2n) is 4.79. The lowest BCUT2D eigenvalue weighted by Gasteiger charge is -2.24. The van der Waals surface area contributed by atoms with Crippen molar-refractivity contribution in [3.63, 3.8) is 0 Å². The van der Waals surface area contributed by atoms with E-state index in [-0.39, 0.29) is 22.7 Å². The number of phenolic OH excluding ortho intramolecular Hbond substituents is 1. The molecule has 0 spiro atoms. The third kappa shape index (κ3) is 3.20. The first-order valence-corrected chi connectivity index (χ1v) is 6.62. The Morgan fingerprint density at radius 3 is 2.43 bits per heavy atom. The summed E-state index contributed by atoms with van der Waals surface area (Å²) in [6, 6.07) is 9.76. The van der Waals surface area contributed by atoms with Crippen molar-refractivity contribution < 1.29 is 9.90 Å². The predicted molar refractivity (Wildman–Crippen MR) is 83.9 cm³/mol. The first kappa shape index (κ1) is 15.8. The molecule has 0 aliphatic carbocycles. The number of nitrogens with one attached hydrogen (secondary N) is 1. The molecule has 1 aromatic carbocycles. The Kier molecular flexibility index (Phi) is 4.44. The number of hydrazone groups is 1. The van der Waals surface area contributed by atoms with Gasteiger partial charge >= 0.3 is 0 Å². The van der Waals surface area contributed by atoms with Gasteiger partial charge in [0.2, 0.25) is 0 Å². The fourth-order valence-electron chi connectivity index (χ4n) is 1.98. The smallest absolute Gasteiger partial charge is 0.278 e. The second-order valence-corrected chi connectivity index (χ2v) is 4.79. The number of carbonyl (C=O) groups is 1. The molecular weight excluding hydrogens is 294 g/mol. The highest BCUT2D eigenvalue weighted by Crippen LogP contribution is 2.21. The van der Waals surface area contributed by atoms with Gasteiger partial charge in [-0.3, -0.25) is 10.2 Å². The molecule has 0 atom stereocenters. The molecule has 114 valence electrons. The van der Waals surface area contributed by atoms with Gasteiger partial charge in [0.15, 0.2) is 11.3 Å². The average molecular weight is 307 g/mol. The lowest BCUT2D eigenvalue weighted by atomic mass is 10.0. The zero-order chi connectivity index (χ0) is 17.0. The fraction of sp³-hybridized carbons (Fsp3) is 0.125. The number of hydrogen-bond donors (Lipinski definition) is 2. The molecular formula is C16H13N5O2.